The second kappa shape index (κ2) is 9.37. The molecule has 0 aliphatic carbocycles. The fourth-order valence-electron chi connectivity index (χ4n) is 4.97. The molecule has 0 radical (unpaired) electrons. The van der Waals surface area contributed by atoms with Crippen LogP contribution in [0.3, 0.4) is 0 Å². The van der Waals surface area contributed by atoms with E-state index in [0.717, 1.165) is 26.6 Å². The van der Waals surface area contributed by atoms with Gasteiger partial charge in [-0.25, -0.2) is 8.42 Å². The normalized spacial score (nSPS) is 14.8. The summed E-state index contributed by atoms with van der Waals surface area (Å²) in [4.78, 5) is 18.3. The molecule has 0 saturated heterocycles. The Balaban J connectivity index is 1.31. The van der Waals surface area contributed by atoms with Crippen molar-refractivity contribution in [2.24, 2.45) is 4.99 Å². The zero-order chi connectivity index (χ0) is 25.6. The summed E-state index contributed by atoms with van der Waals surface area (Å²) in [6, 6.07) is 26.4. The number of sulfonamides is 1. The number of rotatable bonds is 4. The molecular weight excluding hydrogens is 502 g/mol. The lowest BCUT2D eigenvalue weighted by Gasteiger charge is -2.28. The van der Waals surface area contributed by atoms with Crippen LogP contribution in [0.4, 0.5) is 0 Å². The highest BCUT2D eigenvalue weighted by Gasteiger charge is 2.28. The van der Waals surface area contributed by atoms with Crippen LogP contribution in [0.2, 0.25) is 0 Å². The van der Waals surface area contributed by atoms with Gasteiger partial charge in [-0.15, -0.1) is 0 Å². The molecule has 37 heavy (non-hydrogen) atoms. The SMILES string of the molecule is CCn1c(=NC(=O)c2ccc(S(=O)(=O)N3CCc4ccccc4C3)cc2)sc2ccc3ccccc3c21. The maximum Gasteiger partial charge on any atom is 0.279 e. The van der Waals surface area contributed by atoms with Crippen LogP contribution >= 0.6 is 11.3 Å². The number of carbonyl (C=O) groups excluding carboxylic acids is 1. The number of aromatic nitrogens is 1. The van der Waals surface area contributed by atoms with Crippen molar-refractivity contribution in [3.8, 4) is 0 Å². The summed E-state index contributed by atoms with van der Waals surface area (Å²) in [5.74, 6) is -0.395. The van der Waals surface area contributed by atoms with Crippen LogP contribution < -0.4 is 4.80 Å². The number of aryl methyl sites for hydroxylation is 1. The number of benzene rings is 4. The molecule has 0 atom stereocenters. The summed E-state index contributed by atoms with van der Waals surface area (Å²) < 4.78 is 31.2. The number of carbonyl (C=O) groups is 1. The maximum atomic E-state index is 13.3. The van der Waals surface area contributed by atoms with Crippen molar-refractivity contribution >= 4 is 48.3 Å². The fraction of sp³-hybridized carbons (Fsp3) is 0.172. The third-order valence-electron chi connectivity index (χ3n) is 6.91. The van der Waals surface area contributed by atoms with E-state index < -0.39 is 15.9 Å². The van der Waals surface area contributed by atoms with E-state index in [1.807, 2.05) is 43.3 Å². The highest BCUT2D eigenvalue weighted by atomic mass is 32.2. The lowest BCUT2D eigenvalue weighted by atomic mass is 10.0. The topological polar surface area (TPSA) is 71.7 Å². The van der Waals surface area contributed by atoms with Crippen molar-refractivity contribution < 1.29 is 13.2 Å². The molecule has 1 amide bonds. The van der Waals surface area contributed by atoms with Gasteiger partial charge >= 0.3 is 0 Å². The lowest BCUT2D eigenvalue weighted by Crippen LogP contribution is -2.35. The van der Waals surface area contributed by atoms with Gasteiger partial charge in [0.25, 0.3) is 5.91 Å². The minimum atomic E-state index is -3.67. The highest BCUT2D eigenvalue weighted by molar-refractivity contribution is 7.89. The molecular formula is C29H25N3O3S2. The molecule has 0 bridgehead atoms. The third kappa shape index (κ3) is 4.21. The van der Waals surface area contributed by atoms with Gasteiger partial charge in [0, 0.05) is 30.6 Å². The van der Waals surface area contributed by atoms with E-state index in [-0.39, 0.29) is 4.90 Å². The molecule has 0 fully saturated rings. The average molecular weight is 528 g/mol. The van der Waals surface area contributed by atoms with Gasteiger partial charge in [0.05, 0.1) is 15.1 Å². The minimum Gasteiger partial charge on any atom is -0.316 e. The minimum absolute atomic E-state index is 0.181. The van der Waals surface area contributed by atoms with Crippen molar-refractivity contribution in [3.05, 3.63) is 106 Å². The second-order valence-electron chi connectivity index (χ2n) is 9.06. The molecule has 6 nitrogen and oxygen atoms in total. The molecule has 0 N–H and O–H groups in total. The quantitative estimate of drug-likeness (QED) is 0.316. The van der Waals surface area contributed by atoms with Gasteiger partial charge in [-0.3, -0.25) is 4.79 Å². The molecule has 0 saturated carbocycles. The second-order valence-corrected chi connectivity index (χ2v) is 12.0. The Kier molecular flexibility index (Phi) is 6.03. The first-order valence-electron chi connectivity index (χ1n) is 12.2. The summed E-state index contributed by atoms with van der Waals surface area (Å²) in [6.45, 7) is 3.51. The Bertz CT molecular complexity index is 1830. The highest BCUT2D eigenvalue weighted by Crippen LogP contribution is 2.28. The van der Waals surface area contributed by atoms with Crippen LogP contribution in [0.1, 0.15) is 28.4 Å². The van der Waals surface area contributed by atoms with Gasteiger partial charge in [-0.05, 0) is 60.2 Å². The van der Waals surface area contributed by atoms with Crippen LogP contribution in [0, 0.1) is 0 Å². The third-order valence-corrected chi connectivity index (χ3v) is 9.82. The molecule has 8 heteroatoms. The molecule has 186 valence electrons. The molecule has 1 aliphatic rings. The first-order chi connectivity index (χ1) is 18.0. The van der Waals surface area contributed by atoms with E-state index in [0.29, 0.717) is 36.4 Å². The summed E-state index contributed by atoms with van der Waals surface area (Å²) >= 11 is 1.48. The zero-order valence-electron chi connectivity index (χ0n) is 20.3. The smallest absolute Gasteiger partial charge is 0.279 e. The average Bonchev–Trinajstić information content (AvgIpc) is 3.30. The van der Waals surface area contributed by atoms with E-state index in [1.54, 1.807) is 12.1 Å². The van der Waals surface area contributed by atoms with Gasteiger partial charge in [-0.2, -0.15) is 9.30 Å². The summed E-state index contributed by atoms with van der Waals surface area (Å²) in [7, 11) is -3.67. The van der Waals surface area contributed by atoms with Crippen LogP contribution in [0.25, 0.3) is 21.0 Å². The van der Waals surface area contributed by atoms with E-state index in [2.05, 4.69) is 33.8 Å². The van der Waals surface area contributed by atoms with Crippen molar-refractivity contribution in [1.29, 1.82) is 0 Å². The Morgan fingerprint density at radius 1 is 0.919 bits per heavy atom. The number of hydrogen-bond acceptors (Lipinski definition) is 4. The first kappa shape index (κ1) is 23.8. The molecule has 0 unspecified atom stereocenters. The van der Waals surface area contributed by atoms with Crippen molar-refractivity contribution in [3.63, 3.8) is 0 Å². The zero-order valence-corrected chi connectivity index (χ0v) is 21.9. The molecule has 0 spiro atoms. The van der Waals surface area contributed by atoms with Gasteiger partial charge < -0.3 is 4.57 Å². The number of thiazole rings is 1. The summed E-state index contributed by atoms with van der Waals surface area (Å²) in [6.07, 6.45) is 0.687. The first-order valence-corrected chi connectivity index (χ1v) is 14.5. The molecule has 6 rings (SSSR count). The van der Waals surface area contributed by atoms with Crippen LogP contribution in [-0.4, -0.2) is 29.7 Å². The van der Waals surface area contributed by atoms with Crippen LogP contribution in [0.5, 0.6) is 0 Å². The number of amides is 1. The fourth-order valence-corrected chi connectivity index (χ4v) is 7.49. The Morgan fingerprint density at radius 2 is 1.65 bits per heavy atom. The van der Waals surface area contributed by atoms with Crippen LogP contribution in [0.15, 0.2) is 94.8 Å². The predicted octanol–water partition coefficient (Wildman–Crippen LogP) is 5.36. The number of fused-ring (bicyclic) bond motifs is 4. The van der Waals surface area contributed by atoms with E-state index in [1.165, 1.54) is 33.3 Å². The maximum absolute atomic E-state index is 13.3. The van der Waals surface area contributed by atoms with Gasteiger partial charge in [0.2, 0.25) is 10.0 Å². The largest absolute Gasteiger partial charge is 0.316 e. The van der Waals surface area contributed by atoms with E-state index in [9.17, 15) is 13.2 Å². The molecule has 4 aromatic carbocycles. The Labute approximate surface area is 219 Å². The van der Waals surface area contributed by atoms with E-state index >= 15 is 0 Å². The number of hydrogen-bond donors (Lipinski definition) is 0. The van der Waals surface area contributed by atoms with Gasteiger partial charge in [0.1, 0.15) is 0 Å². The molecule has 1 aliphatic heterocycles. The van der Waals surface area contributed by atoms with Gasteiger partial charge in [-0.1, -0.05) is 65.9 Å². The van der Waals surface area contributed by atoms with Crippen molar-refractivity contribution in [2.45, 2.75) is 31.3 Å². The number of nitrogens with zero attached hydrogens (tertiary/aromatic N) is 3. The van der Waals surface area contributed by atoms with Crippen molar-refractivity contribution in [1.82, 2.24) is 8.87 Å². The summed E-state index contributed by atoms with van der Waals surface area (Å²) in [5.41, 5.74) is 3.65. The van der Waals surface area contributed by atoms with E-state index in [4.69, 9.17) is 0 Å². The monoisotopic (exact) mass is 527 g/mol. The molecule has 1 aromatic heterocycles. The van der Waals surface area contributed by atoms with Crippen molar-refractivity contribution in [2.75, 3.05) is 6.54 Å². The molecule has 5 aromatic rings. The Hall–Kier alpha value is -3.59. The standard InChI is InChI=1S/C29H25N3O3S2/c1-2-32-27-25-10-6-5-8-21(25)13-16-26(27)36-29(32)30-28(33)22-11-14-24(15-12-22)37(34,35)31-18-17-20-7-3-4-9-23(20)19-31/h3-16H,2,17-19H2,1H3. The van der Waals surface area contributed by atoms with Gasteiger partial charge in [0.15, 0.2) is 4.80 Å². The van der Waals surface area contributed by atoms with Crippen LogP contribution in [-0.2, 0) is 29.5 Å². The lowest BCUT2D eigenvalue weighted by molar-refractivity contribution is 0.0997. The molecule has 2 heterocycles. The Morgan fingerprint density at radius 3 is 2.43 bits per heavy atom. The summed E-state index contributed by atoms with van der Waals surface area (Å²) in [5, 5.41) is 2.27. The predicted molar refractivity (Wildman–Crippen MR) is 147 cm³/mol.